The molecule has 0 aliphatic carbocycles. The van der Waals surface area contributed by atoms with Gasteiger partial charge in [-0.2, -0.15) is 0 Å². The lowest BCUT2D eigenvalue weighted by Crippen LogP contribution is -2.27. The molecular weight excluding hydrogens is 432 g/mol. The number of hydrogen-bond donors (Lipinski definition) is 1. The molecule has 0 bridgehead atoms. The van der Waals surface area contributed by atoms with Gasteiger partial charge in [0.05, 0.1) is 17.3 Å². The molecule has 0 spiro atoms. The first-order chi connectivity index (χ1) is 13.9. The normalized spacial score (nSPS) is 17.9. The topological polar surface area (TPSA) is 93.9 Å². The van der Waals surface area contributed by atoms with E-state index in [2.05, 4.69) is 22.1 Å². The van der Waals surface area contributed by atoms with Gasteiger partial charge in [-0.1, -0.05) is 41.6 Å². The number of nitrogens with one attached hydrogen (secondary N) is 1. The Morgan fingerprint density at radius 2 is 2.24 bits per heavy atom. The lowest BCUT2D eigenvalue weighted by Gasteiger charge is -2.11. The maximum atomic E-state index is 12.2. The second-order valence-electron chi connectivity index (χ2n) is 6.86. The first-order valence-corrected chi connectivity index (χ1v) is 12.4. The lowest BCUT2D eigenvalue weighted by atomic mass is 10.1. The van der Waals surface area contributed by atoms with Gasteiger partial charge >= 0.3 is 0 Å². The van der Waals surface area contributed by atoms with Gasteiger partial charge in [0, 0.05) is 24.0 Å². The van der Waals surface area contributed by atoms with Crippen LogP contribution in [0.1, 0.15) is 23.7 Å². The van der Waals surface area contributed by atoms with Crippen LogP contribution in [0.2, 0.25) is 5.02 Å². The Hall–Kier alpha value is -1.84. The molecule has 1 aliphatic rings. The SMILES string of the molecule is C=CCn1c(SCC(=O)NCCc2cccc(Cl)c2)nnc1C1CCS(=O)(=O)C1. The van der Waals surface area contributed by atoms with Crippen LogP contribution in [0.5, 0.6) is 0 Å². The fourth-order valence-corrected chi connectivity index (χ4v) is 5.96. The summed E-state index contributed by atoms with van der Waals surface area (Å²) in [7, 11) is -3.01. The lowest BCUT2D eigenvalue weighted by molar-refractivity contribution is -0.118. The van der Waals surface area contributed by atoms with Gasteiger partial charge in [0.15, 0.2) is 15.0 Å². The Morgan fingerprint density at radius 1 is 1.41 bits per heavy atom. The zero-order chi connectivity index (χ0) is 20.9. The van der Waals surface area contributed by atoms with Gasteiger partial charge in [-0.3, -0.25) is 4.79 Å². The van der Waals surface area contributed by atoms with Crippen molar-refractivity contribution in [3.8, 4) is 0 Å². The van der Waals surface area contributed by atoms with E-state index in [-0.39, 0.29) is 29.1 Å². The number of halogens is 1. The zero-order valence-corrected chi connectivity index (χ0v) is 18.3. The summed E-state index contributed by atoms with van der Waals surface area (Å²) in [6.07, 6.45) is 2.96. The number of rotatable bonds is 9. The highest BCUT2D eigenvalue weighted by molar-refractivity contribution is 7.99. The van der Waals surface area contributed by atoms with Crippen molar-refractivity contribution in [2.45, 2.75) is 30.5 Å². The van der Waals surface area contributed by atoms with Gasteiger partial charge in [0.25, 0.3) is 0 Å². The fraction of sp³-hybridized carbons (Fsp3) is 0.421. The molecule has 10 heteroatoms. The summed E-state index contributed by atoms with van der Waals surface area (Å²) in [5, 5.41) is 12.5. The standard InChI is InChI=1S/C19H23ClN4O3S2/c1-2-9-24-18(15-7-10-29(26,27)13-15)22-23-19(24)28-12-17(25)21-8-6-14-4-3-5-16(20)11-14/h2-5,11,15H,1,6-10,12-13H2,(H,21,25). The molecule has 1 amide bonds. The Balaban J connectivity index is 1.54. The van der Waals surface area contributed by atoms with E-state index in [1.807, 2.05) is 28.8 Å². The van der Waals surface area contributed by atoms with Crippen molar-refractivity contribution in [1.29, 1.82) is 0 Å². The second-order valence-corrected chi connectivity index (χ2v) is 10.5. The molecular formula is C19H23ClN4O3S2. The predicted molar refractivity (Wildman–Crippen MR) is 115 cm³/mol. The van der Waals surface area contributed by atoms with Gasteiger partial charge in [-0.25, -0.2) is 8.42 Å². The highest BCUT2D eigenvalue weighted by atomic mass is 35.5. The molecule has 2 aromatic rings. The summed E-state index contributed by atoms with van der Waals surface area (Å²) < 4.78 is 25.4. The molecule has 29 heavy (non-hydrogen) atoms. The van der Waals surface area contributed by atoms with Crippen LogP contribution in [0.4, 0.5) is 0 Å². The van der Waals surface area contributed by atoms with Crippen molar-refractivity contribution in [2.75, 3.05) is 23.8 Å². The second kappa shape index (κ2) is 9.77. The van der Waals surface area contributed by atoms with Gasteiger partial charge < -0.3 is 9.88 Å². The highest BCUT2D eigenvalue weighted by Gasteiger charge is 2.33. The minimum absolute atomic E-state index is 0.0942. The Labute approximate surface area is 179 Å². The van der Waals surface area contributed by atoms with E-state index < -0.39 is 9.84 Å². The van der Waals surface area contributed by atoms with Gasteiger partial charge in [-0.05, 0) is 30.5 Å². The average Bonchev–Trinajstić information content (AvgIpc) is 3.23. The first-order valence-electron chi connectivity index (χ1n) is 9.26. The molecule has 1 aromatic heterocycles. The number of nitrogens with zero attached hydrogens (tertiary/aromatic N) is 3. The number of benzene rings is 1. The summed E-state index contributed by atoms with van der Waals surface area (Å²) in [4.78, 5) is 12.2. The van der Waals surface area contributed by atoms with Crippen LogP contribution >= 0.6 is 23.4 Å². The van der Waals surface area contributed by atoms with E-state index in [1.54, 1.807) is 6.08 Å². The zero-order valence-electron chi connectivity index (χ0n) is 15.9. The Bertz CT molecular complexity index is 991. The van der Waals surface area contributed by atoms with Crippen LogP contribution < -0.4 is 5.32 Å². The molecule has 1 N–H and O–H groups in total. The predicted octanol–water partition coefficient (Wildman–Crippen LogP) is 2.47. The molecule has 7 nitrogen and oxygen atoms in total. The van der Waals surface area contributed by atoms with Crippen LogP contribution in [0, 0.1) is 0 Å². The number of amides is 1. The Kier molecular flexibility index (Phi) is 7.37. The molecule has 156 valence electrons. The molecule has 1 saturated heterocycles. The van der Waals surface area contributed by atoms with Crippen molar-refractivity contribution in [2.24, 2.45) is 0 Å². The summed E-state index contributed by atoms with van der Waals surface area (Å²) in [5.41, 5.74) is 1.06. The monoisotopic (exact) mass is 454 g/mol. The van der Waals surface area contributed by atoms with E-state index in [9.17, 15) is 13.2 Å². The van der Waals surface area contributed by atoms with Gasteiger partial charge in [0.1, 0.15) is 5.82 Å². The molecule has 3 rings (SSSR count). The number of thioether (sulfide) groups is 1. The third-order valence-electron chi connectivity index (χ3n) is 4.61. The minimum atomic E-state index is -3.01. The minimum Gasteiger partial charge on any atom is -0.355 e. The van der Waals surface area contributed by atoms with E-state index in [4.69, 9.17) is 11.6 Å². The number of hydrogen-bond acceptors (Lipinski definition) is 6. The smallest absolute Gasteiger partial charge is 0.230 e. The highest BCUT2D eigenvalue weighted by Crippen LogP contribution is 2.30. The summed E-state index contributed by atoms with van der Waals surface area (Å²) in [6, 6.07) is 7.55. The van der Waals surface area contributed by atoms with E-state index in [1.165, 1.54) is 11.8 Å². The number of carbonyl (C=O) groups excluding carboxylic acids is 1. The van der Waals surface area contributed by atoms with Gasteiger partial charge in [-0.15, -0.1) is 16.8 Å². The van der Waals surface area contributed by atoms with Crippen molar-refractivity contribution in [1.82, 2.24) is 20.1 Å². The van der Waals surface area contributed by atoms with Crippen molar-refractivity contribution in [3.63, 3.8) is 0 Å². The molecule has 1 unspecified atom stereocenters. The molecule has 0 saturated carbocycles. The molecule has 1 fully saturated rings. The number of carbonyl (C=O) groups is 1. The van der Waals surface area contributed by atoms with E-state index in [0.29, 0.717) is 41.9 Å². The van der Waals surface area contributed by atoms with Crippen LogP contribution in [0.15, 0.2) is 42.1 Å². The molecule has 1 aromatic carbocycles. The molecule has 2 heterocycles. The number of allylic oxidation sites excluding steroid dienone is 1. The van der Waals surface area contributed by atoms with Crippen LogP contribution in [0.25, 0.3) is 0 Å². The quantitative estimate of drug-likeness (QED) is 0.462. The maximum absolute atomic E-state index is 12.2. The van der Waals surface area contributed by atoms with Crippen molar-refractivity contribution >= 4 is 39.1 Å². The summed E-state index contributed by atoms with van der Waals surface area (Å²) in [5.74, 6) is 0.860. The van der Waals surface area contributed by atoms with Crippen LogP contribution in [0.3, 0.4) is 0 Å². The Morgan fingerprint density at radius 3 is 2.93 bits per heavy atom. The maximum Gasteiger partial charge on any atom is 0.230 e. The van der Waals surface area contributed by atoms with Crippen molar-refractivity contribution < 1.29 is 13.2 Å². The van der Waals surface area contributed by atoms with Crippen LogP contribution in [-0.4, -0.2) is 52.9 Å². The van der Waals surface area contributed by atoms with Crippen LogP contribution in [-0.2, 0) is 27.6 Å². The number of aromatic nitrogens is 3. The molecule has 0 radical (unpaired) electrons. The molecule has 1 atom stereocenters. The molecule has 1 aliphatic heterocycles. The van der Waals surface area contributed by atoms with Crippen molar-refractivity contribution in [3.05, 3.63) is 53.3 Å². The third-order valence-corrected chi connectivity index (χ3v) is 7.58. The third kappa shape index (κ3) is 6.07. The van der Waals surface area contributed by atoms with E-state index in [0.717, 1.165) is 5.56 Å². The average molecular weight is 455 g/mol. The summed E-state index contributed by atoms with van der Waals surface area (Å²) >= 11 is 7.25. The van der Waals surface area contributed by atoms with Gasteiger partial charge in [0.2, 0.25) is 5.91 Å². The summed E-state index contributed by atoms with van der Waals surface area (Å²) in [6.45, 7) is 4.74. The first kappa shape index (κ1) is 21.9. The largest absolute Gasteiger partial charge is 0.355 e. The van der Waals surface area contributed by atoms with E-state index >= 15 is 0 Å². The fourth-order valence-electron chi connectivity index (χ4n) is 3.23. The number of sulfone groups is 1.